The molecule has 5 heteroatoms. The maximum atomic E-state index is 5.79. The quantitative estimate of drug-likeness (QED) is 0.441. The molecule has 2 aromatic carbocycles. The highest BCUT2D eigenvalue weighted by Gasteiger charge is 1.96. The minimum absolute atomic E-state index is 0.294. The standard InChI is InChI=1S/C13H13ClN4/c14-9-4-6-11(7-5-9)17-13(16)18-12-3-1-2-10(15)8-12/h1-8H,15H2,(H3,16,17,18). The number of nitrogens with two attached hydrogens (primary N) is 2. The molecule has 0 fully saturated rings. The highest BCUT2D eigenvalue weighted by molar-refractivity contribution is 6.30. The molecule has 0 aliphatic carbocycles. The molecule has 4 nitrogen and oxygen atoms in total. The van der Waals surface area contributed by atoms with Crippen LogP contribution in [0, 0.1) is 0 Å². The van der Waals surface area contributed by atoms with Crippen LogP contribution in [0.15, 0.2) is 53.5 Å². The third-order valence-corrected chi connectivity index (χ3v) is 2.49. The molecule has 0 saturated heterocycles. The van der Waals surface area contributed by atoms with Gasteiger partial charge in [0.25, 0.3) is 0 Å². The number of nitrogens with zero attached hydrogens (tertiary/aromatic N) is 1. The Balaban J connectivity index is 2.12. The second kappa shape index (κ2) is 5.42. The van der Waals surface area contributed by atoms with E-state index in [9.17, 15) is 0 Å². The zero-order valence-corrected chi connectivity index (χ0v) is 10.4. The first kappa shape index (κ1) is 12.3. The monoisotopic (exact) mass is 260 g/mol. The third kappa shape index (κ3) is 3.40. The van der Waals surface area contributed by atoms with Gasteiger partial charge in [0, 0.05) is 16.4 Å². The van der Waals surface area contributed by atoms with Crippen molar-refractivity contribution in [1.82, 2.24) is 0 Å². The second-order valence-corrected chi connectivity index (χ2v) is 4.16. The van der Waals surface area contributed by atoms with Crippen LogP contribution in [0.3, 0.4) is 0 Å². The summed E-state index contributed by atoms with van der Waals surface area (Å²) in [6, 6.07) is 14.4. The molecule has 0 bridgehead atoms. The number of anilines is 2. The maximum absolute atomic E-state index is 5.79. The number of nitrogens with one attached hydrogen (secondary N) is 1. The van der Waals surface area contributed by atoms with Gasteiger partial charge in [-0.3, -0.25) is 0 Å². The number of nitrogen functional groups attached to an aromatic ring is 1. The van der Waals surface area contributed by atoms with Crippen LogP contribution in [0.1, 0.15) is 0 Å². The van der Waals surface area contributed by atoms with Gasteiger partial charge in [0.05, 0.1) is 5.69 Å². The Kier molecular flexibility index (Phi) is 3.69. The van der Waals surface area contributed by atoms with Gasteiger partial charge >= 0.3 is 0 Å². The molecule has 0 aromatic heterocycles. The van der Waals surface area contributed by atoms with Gasteiger partial charge in [-0.25, -0.2) is 4.99 Å². The van der Waals surface area contributed by atoms with E-state index in [0.717, 1.165) is 11.4 Å². The summed E-state index contributed by atoms with van der Waals surface area (Å²) in [4.78, 5) is 4.21. The van der Waals surface area contributed by atoms with Crippen LogP contribution in [0.25, 0.3) is 0 Å². The van der Waals surface area contributed by atoms with Crippen molar-refractivity contribution in [2.45, 2.75) is 0 Å². The van der Waals surface area contributed by atoms with E-state index in [1.54, 1.807) is 36.4 Å². The molecule has 0 radical (unpaired) electrons. The number of guanidine groups is 1. The summed E-state index contributed by atoms with van der Waals surface area (Å²) in [7, 11) is 0. The van der Waals surface area contributed by atoms with Gasteiger partial charge in [0.2, 0.25) is 0 Å². The molecule has 0 amide bonds. The van der Waals surface area contributed by atoms with Gasteiger partial charge in [-0.15, -0.1) is 0 Å². The van der Waals surface area contributed by atoms with E-state index in [1.165, 1.54) is 0 Å². The molecule has 0 heterocycles. The summed E-state index contributed by atoms with van der Waals surface area (Å²) in [6.45, 7) is 0. The number of hydrogen-bond acceptors (Lipinski definition) is 2. The molecule has 0 aliphatic heterocycles. The summed E-state index contributed by atoms with van der Waals surface area (Å²) in [6.07, 6.45) is 0. The Bertz CT molecular complexity index is 563. The Morgan fingerprint density at radius 3 is 2.50 bits per heavy atom. The van der Waals surface area contributed by atoms with Crippen LogP contribution in [-0.4, -0.2) is 5.96 Å². The first-order valence-electron chi connectivity index (χ1n) is 5.36. The molecule has 0 aliphatic rings. The summed E-state index contributed by atoms with van der Waals surface area (Å²) < 4.78 is 0. The smallest absolute Gasteiger partial charge is 0.198 e. The molecule has 2 aromatic rings. The van der Waals surface area contributed by atoms with Crippen molar-refractivity contribution in [3.05, 3.63) is 53.6 Å². The van der Waals surface area contributed by atoms with Gasteiger partial charge in [0.15, 0.2) is 5.96 Å². The molecule has 0 spiro atoms. The molecular formula is C13H13ClN4. The van der Waals surface area contributed by atoms with Crippen LogP contribution in [-0.2, 0) is 0 Å². The minimum atomic E-state index is 0.294. The van der Waals surface area contributed by atoms with E-state index in [4.69, 9.17) is 23.1 Å². The normalized spacial score (nSPS) is 11.3. The van der Waals surface area contributed by atoms with E-state index < -0.39 is 0 Å². The second-order valence-electron chi connectivity index (χ2n) is 3.72. The van der Waals surface area contributed by atoms with Crippen LogP contribution in [0.4, 0.5) is 17.1 Å². The van der Waals surface area contributed by atoms with Crippen molar-refractivity contribution in [2.24, 2.45) is 10.7 Å². The van der Waals surface area contributed by atoms with E-state index in [-0.39, 0.29) is 0 Å². The number of benzene rings is 2. The van der Waals surface area contributed by atoms with Gasteiger partial charge in [-0.1, -0.05) is 17.7 Å². The lowest BCUT2D eigenvalue weighted by atomic mass is 10.3. The molecule has 5 N–H and O–H groups in total. The van der Waals surface area contributed by atoms with Crippen LogP contribution in [0.5, 0.6) is 0 Å². The fourth-order valence-electron chi connectivity index (χ4n) is 1.45. The fraction of sp³-hybridized carbons (Fsp3) is 0. The average Bonchev–Trinajstić information content (AvgIpc) is 2.32. The van der Waals surface area contributed by atoms with Crippen molar-refractivity contribution in [2.75, 3.05) is 11.1 Å². The first-order chi connectivity index (χ1) is 8.63. The van der Waals surface area contributed by atoms with E-state index >= 15 is 0 Å². The third-order valence-electron chi connectivity index (χ3n) is 2.24. The Morgan fingerprint density at radius 1 is 1.11 bits per heavy atom. The zero-order chi connectivity index (χ0) is 13.0. The SMILES string of the molecule is NC(=Nc1ccc(Cl)cc1)Nc1cccc(N)c1. The fourth-order valence-corrected chi connectivity index (χ4v) is 1.57. The topological polar surface area (TPSA) is 76.4 Å². The lowest BCUT2D eigenvalue weighted by Crippen LogP contribution is -2.21. The molecule has 92 valence electrons. The zero-order valence-electron chi connectivity index (χ0n) is 9.60. The van der Waals surface area contributed by atoms with Crippen molar-refractivity contribution in [3.63, 3.8) is 0 Å². The van der Waals surface area contributed by atoms with Crippen LogP contribution >= 0.6 is 11.6 Å². The van der Waals surface area contributed by atoms with Gasteiger partial charge in [-0.05, 0) is 42.5 Å². The van der Waals surface area contributed by atoms with Crippen molar-refractivity contribution in [1.29, 1.82) is 0 Å². The minimum Gasteiger partial charge on any atom is -0.399 e. The lowest BCUT2D eigenvalue weighted by Gasteiger charge is -2.06. The number of aliphatic imine (C=N–C) groups is 1. The summed E-state index contributed by atoms with van der Waals surface area (Å²) in [5, 5.41) is 3.62. The molecule has 18 heavy (non-hydrogen) atoms. The first-order valence-corrected chi connectivity index (χ1v) is 5.73. The molecule has 0 unspecified atom stereocenters. The Morgan fingerprint density at radius 2 is 1.83 bits per heavy atom. The number of hydrogen-bond donors (Lipinski definition) is 3. The highest BCUT2D eigenvalue weighted by Crippen LogP contribution is 2.17. The molecule has 0 saturated carbocycles. The largest absolute Gasteiger partial charge is 0.399 e. The van der Waals surface area contributed by atoms with E-state index in [1.807, 2.05) is 12.1 Å². The maximum Gasteiger partial charge on any atom is 0.198 e. The van der Waals surface area contributed by atoms with E-state index in [0.29, 0.717) is 16.7 Å². The molecule has 2 rings (SSSR count). The number of halogens is 1. The van der Waals surface area contributed by atoms with Gasteiger partial charge in [0.1, 0.15) is 0 Å². The number of rotatable bonds is 2. The summed E-state index contributed by atoms with van der Waals surface area (Å²) >= 11 is 5.79. The predicted octanol–water partition coefficient (Wildman–Crippen LogP) is 2.98. The predicted molar refractivity (Wildman–Crippen MR) is 77.2 cm³/mol. The molecular weight excluding hydrogens is 248 g/mol. The summed E-state index contributed by atoms with van der Waals surface area (Å²) in [5.74, 6) is 0.294. The Labute approximate surface area is 110 Å². The average molecular weight is 261 g/mol. The molecule has 0 atom stereocenters. The lowest BCUT2D eigenvalue weighted by molar-refractivity contribution is 1.44. The van der Waals surface area contributed by atoms with Crippen LogP contribution < -0.4 is 16.8 Å². The van der Waals surface area contributed by atoms with Crippen molar-refractivity contribution >= 4 is 34.6 Å². The Hall–Kier alpha value is -2.20. The van der Waals surface area contributed by atoms with E-state index in [2.05, 4.69) is 10.3 Å². The summed E-state index contributed by atoms with van der Waals surface area (Å²) in [5.41, 5.74) is 13.7. The van der Waals surface area contributed by atoms with Crippen molar-refractivity contribution < 1.29 is 0 Å². The highest BCUT2D eigenvalue weighted by atomic mass is 35.5. The van der Waals surface area contributed by atoms with Gasteiger partial charge in [-0.2, -0.15) is 0 Å². The van der Waals surface area contributed by atoms with Crippen LogP contribution in [0.2, 0.25) is 5.02 Å². The van der Waals surface area contributed by atoms with Gasteiger partial charge < -0.3 is 16.8 Å². The van der Waals surface area contributed by atoms with Crippen molar-refractivity contribution in [3.8, 4) is 0 Å².